The van der Waals surface area contributed by atoms with Gasteiger partial charge in [-0.3, -0.25) is 39.4 Å². The molecule has 18 heteroatoms. The third-order valence-electron chi connectivity index (χ3n) is 11.0. The number of rotatable bonds is 7. The summed E-state index contributed by atoms with van der Waals surface area (Å²) in [7, 11) is 2.71. The number of imide groups is 2. The monoisotopic (exact) mass is 749 g/mol. The van der Waals surface area contributed by atoms with Gasteiger partial charge in [-0.15, -0.1) is 13.2 Å². The fourth-order valence-corrected chi connectivity index (χ4v) is 8.85. The Kier molecular flexibility index (Phi) is 8.26. The second-order valence-corrected chi connectivity index (χ2v) is 14.0. The number of amides is 4. The maximum Gasteiger partial charge on any atom is 0.573 e. The Bertz CT molecular complexity index is 2170. The number of nitro benzene ring substituents is 2. The van der Waals surface area contributed by atoms with Crippen molar-refractivity contribution < 1.29 is 52.0 Å². The third-order valence-corrected chi connectivity index (χ3v) is 11.0. The summed E-state index contributed by atoms with van der Waals surface area (Å²) in [5.41, 5.74) is -3.63. The molecule has 2 heterocycles. The molecule has 2 saturated heterocycles. The zero-order valence-corrected chi connectivity index (χ0v) is 28.6. The topological polar surface area (TPSA) is 194 Å². The number of hydrogen-bond donors (Lipinski definition) is 1. The fraction of sp³-hybridized carbons (Fsp3) is 0.333. The highest BCUT2D eigenvalue weighted by atomic mass is 19.4. The third kappa shape index (κ3) is 5.34. The smallest absolute Gasteiger partial charge is 0.508 e. The Morgan fingerprint density at radius 2 is 1.50 bits per heavy atom. The average Bonchev–Trinajstić information content (AvgIpc) is 3.47. The first-order chi connectivity index (χ1) is 25.4. The van der Waals surface area contributed by atoms with Crippen molar-refractivity contribution in [3.05, 3.63) is 98.1 Å². The van der Waals surface area contributed by atoms with Crippen LogP contribution >= 0.6 is 0 Å². The number of aromatic hydroxyl groups is 1. The van der Waals surface area contributed by atoms with Gasteiger partial charge in [0.25, 0.3) is 0 Å². The van der Waals surface area contributed by atoms with E-state index in [4.69, 9.17) is 0 Å². The quantitative estimate of drug-likeness (QED) is 0.137. The lowest BCUT2D eigenvalue weighted by Gasteiger charge is -2.49. The molecular formula is C36H30F3N5O10. The standard InChI is InChI=1S/C36H30F3N5O10/c1-35-24(32(47)42(34(35)49)17-7-5-4-6-8-17)16-22-20(29(35)23-15-19(9-12-27(23)45)54-36(37,38)39)10-11-21-28(22)33(48)41(31(21)46)18-13-25(43(50)51)30(40(2)3)26(14-18)44(52)53/h4-10,12-15,21-22,24,28-29,45H,11,16H2,1-3H3/t21-,22+,24-,28-,29+,35+/m0/s1. The van der Waals surface area contributed by atoms with Crippen molar-refractivity contribution in [2.75, 3.05) is 28.8 Å². The highest BCUT2D eigenvalue weighted by molar-refractivity contribution is 6.25. The number of phenols is 1. The molecule has 0 unspecified atom stereocenters. The van der Waals surface area contributed by atoms with Crippen LogP contribution in [-0.2, 0) is 19.2 Å². The largest absolute Gasteiger partial charge is 0.573 e. The zero-order valence-electron chi connectivity index (χ0n) is 28.6. The average molecular weight is 750 g/mol. The number of allylic oxidation sites excluding steroid dienone is 2. The van der Waals surface area contributed by atoms with Gasteiger partial charge in [-0.25, -0.2) is 9.80 Å². The van der Waals surface area contributed by atoms with Crippen molar-refractivity contribution in [2.45, 2.75) is 32.0 Å². The molecule has 6 atom stereocenters. The van der Waals surface area contributed by atoms with Gasteiger partial charge in [-0.2, -0.15) is 0 Å². The lowest BCUT2D eigenvalue weighted by molar-refractivity contribution is -0.392. The Hall–Kier alpha value is -6.33. The predicted octanol–water partition coefficient (Wildman–Crippen LogP) is 5.61. The van der Waals surface area contributed by atoms with E-state index in [-0.39, 0.29) is 29.8 Å². The van der Waals surface area contributed by atoms with Crippen LogP contribution in [0.15, 0.2) is 72.3 Å². The molecule has 280 valence electrons. The van der Waals surface area contributed by atoms with Crippen molar-refractivity contribution >= 4 is 52.1 Å². The van der Waals surface area contributed by atoms with Gasteiger partial charge in [0.2, 0.25) is 23.6 Å². The lowest BCUT2D eigenvalue weighted by Crippen LogP contribution is -2.49. The summed E-state index contributed by atoms with van der Waals surface area (Å²) in [5.74, 6) is -10.2. The van der Waals surface area contributed by atoms with E-state index in [9.17, 15) is 57.7 Å². The Morgan fingerprint density at radius 1 is 0.870 bits per heavy atom. The van der Waals surface area contributed by atoms with Gasteiger partial charge in [-0.1, -0.05) is 29.8 Å². The van der Waals surface area contributed by atoms with Crippen LogP contribution in [-0.4, -0.2) is 59.0 Å². The van der Waals surface area contributed by atoms with Crippen LogP contribution in [0.25, 0.3) is 0 Å². The van der Waals surface area contributed by atoms with Crippen molar-refractivity contribution in [3.63, 3.8) is 0 Å². The summed E-state index contributed by atoms with van der Waals surface area (Å²) in [6.07, 6.45) is -3.85. The van der Waals surface area contributed by atoms with E-state index in [1.807, 2.05) is 0 Å². The number of phenolic OH excluding ortho intramolecular Hbond substituents is 1. The number of hydrogen-bond acceptors (Lipinski definition) is 11. The molecule has 4 amide bonds. The van der Waals surface area contributed by atoms with Crippen LogP contribution in [0.1, 0.15) is 31.2 Å². The van der Waals surface area contributed by atoms with Crippen molar-refractivity contribution in [2.24, 2.45) is 29.1 Å². The Morgan fingerprint density at radius 3 is 2.07 bits per heavy atom. The molecule has 0 aromatic heterocycles. The van der Waals surface area contributed by atoms with Crippen LogP contribution in [0.4, 0.5) is 41.6 Å². The fourth-order valence-electron chi connectivity index (χ4n) is 8.85. The number of ether oxygens (including phenoxy) is 1. The number of benzene rings is 3. The van der Waals surface area contributed by atoms with Gasteiger partial charge >= 0.3 is 17.7 Å². The summed E-state index contributed by atoms with van der Waals surface area (Å²) < 4.78 is 44.3. The van der Waals surface area contributed by atoms with Gasteiger partial charge in [0, 0.05) is 37.7 Å². The summed E-state index contributed by atoms with van der Waals surface area (Å²) in [4.78, 5) is 82.6. The lowest BCUT2D eigenvalue weighted by atomic mass is 9.51. The first-order valence-electron chi connectivity index (χ1n) is 16.6. The van der Waals surface area contributed by atoms with Gasteiger partial charge < -0.3 is 14.7 Å². The molecule has 2 aliphatic carbocycles. The minimum Gasteiger partial charge on any atom is -0.508 e. The number of carbonyl (C=O) groups excluding carboxylic acids is 4. The predicted molar refractivity (Wildman–Crippen MR) is 182 cm³/mol. The van der Waals surface area contributed by atoms with E-state index in [2.05, 4.69) is 4.74 Å². The molecule has 15 nitrogen and oxygen atoms in total. The number of carbonyl (C=O) groups is 4. The van der Waals surface area contributed by atoms with Crippen molar-refractivity contribution in [3.8, 4) is 11.5 Å². The van der Waals surface area contributed by atoms with Crippen molar-refractivity contribution in [1.29, 1.82) is 0 Å². The first-order valence-corrected chi connectivity index (χ1v) is 16.6. The summed E-state index contributed by atoms with van der Waals surface area (Å²) in [6, 6.07) is 12.5. The second-order valence-electron chi connectivity index (χ2n) is 14.0. The van der Waals surface area contributed by atoms with E-state index in [0.29, 0.717) is 10.5 Å². The number of anilines is 3. The zero-order chi connectivity index (χ0) is 39.2. The highest BCUT2D eigenvalue weighted by Gasteiger charge is 2.68. The number of fused-ring (bicyclic) bond motifs is 4. The molecule has 4 aliphatic rings. The van der Waals surface area contributed by atoms with Crippen LogP contribution < -0.4 is 19.4 Å². The Labute approximate surface area is 303 Å². The van der Waals surface area contributed by atoms with E-state index >= 15 is 0 Å². The normalized spacial score (nSPS) is 26.3. The van der Waals surface area contributed by atoms with Crippen LogP contribution in [0.2, 0.25) is 0 Å². The minimum absolute atomic E-state index is 0.140. The molecule has 0 radical (unpaired) electrons. The van der Waals surface area contributed by atoms with E-state index < -0.39 is 103 Å². The summed E-state index contributed by atoms with van der Waals surface area (Å²) in [5, 5.41) is 35.4. The maximum absolute atomic E-state index is 14.5. The molecule has 1 saturated carbocycles. The van der Waals surface area contributed by atoms with Gasteiger partial charge in [0.15, 0.2) is 5.69 Å². The summed E-state index contributed by atoms with van der Waals surface area (Å²) in [6.45, 7) is 1.48. The first kappa shape index (κ1) is 36.0. The van der Waals surface area contributed by atoms with Crippen LogP contribution in [0.3, 0.4) is 0 Å². The molecule has 0 spiro atoms. The highest BCUT2D eigenvalue weighted by Crippen LogP contribution is 2.65. The SMILES string of the molecule is CN(C)c1c([N+](=O)[O-])cc(N2C(=O)[C@H]3[C@H](CC=C4[C@H]3C[C@H]3C(=O)N(c5ccccc5)C(=O)[C@@]3(C)[C@H]4c3cc(OC(F)(F)F)ccc3O)C2=O)cc1[N+](=O)[O-]. The number of alkyl halides is 3. The molecule has 1 N–H and O–H groups in total. The molecule has 7 rings (SSSR count). The van der Waals surface area contributed by atoms with Gasteiger partial charge in [-0.05, 0) is 56.0 Å². The second kappa shape index (κ2) is 12.4. The number of nitro groups is 2. The Balaban J connectivity index is 1.38. The van der Waals surface area contributed by atoms with Crippen molar-refractivity contribution in [1.82, 2.24) is 0 Å². The minimum atomic E-state index is -5.12. The van der Waals surface area contributed by atoms with Gasteiger partial charge in [0.05, 0.1) is 44.4 Å². The molecule has 3 aromatic rings. The molecule has 54 heavy (non-hydrogen) atoms. The van der Waals surface area contributed by atoms with Crippen LogP contribution in [0, 0.1) is 49.3 Å². The number of halogens is 3. The van der Waals surface area contributed by atoms with Crippen LogP contribution in [0.5, 0.6) is 11.5 Å². The molecule has 2 aliphatic heterocycles. The van der Waals surface area contributed by atoms with E-state index in [0.717, 1.165) is 40.1 Å². The van der Waals surface area contributed by atoms with E-state index in [1.165, 1.54) is 33.2 Å². The maximum atomic E-state index is 14.5. The number of para-hydroxylation sites is 1. The number of nitrogens with zero attached hydrogens (tertiary/aromatic N) is 5. The molecule has 0 bridgehead atoms. The van der Waals surface area contributed by atoms with E-state index in [1.54, 1.807) is 24.3 Å². The summed E-state index contributed by atoms with van der Waals surface area (Å²) >= 11 is 0. The van der Waals surface area contributed by atoms with Gasteiger partial charge in [0.1, 0.15) is 11.5 Å². The molecule has 3 aromatic carbocycles. The molecular weight excluding hydrogens is 719 g/mol. The molecule has 3 fully saturated rings.